The average molecular weight is 280 g/mol. The summed E-state index contributed by atoms with van der Waals surface area (Å²) in [5.74, 6) is -1.21. The number of carbonyl (C=O) groups is 3. The van der Waals surface area contributed by atoms with E-state index in [1.54, 1.807) is 0 Å². The maximum atomic E-state index is 12.2. The van der Waals surface area contributed by atoms with Crippen LogP contribution in [-0.2, 0) is 14.4 Å². The van der Waals surface area contributed by atoms with Gasteiger partial charge in [0, 0.05) is 6.42 Å². The first-order valence-electron chi connectivity index (χ1n) is 6.07. The zero-order valence-electron chi connectivity index (χ0n) is 10.8. The zero-order valence-corrected chi connectivity index (χ0v) is 10.8. The lowest BCUT2D eigenvalue weighted by Crippen LogP contribution is -2.47. The monoisotopic (exact) mass is 280 g/mol. The third-order valence-corrected chi connectivity index (χ3v) is 3.22. The predicted molar refractivity (Wildman–Crippen MR) is 68.8 cm³/mol. The van der Waals surface area contributed by atoms with Crippen LogP contribution >= 0.6 is 0 Å². The van der Waals surface area contributed by atoms with Gasteiger partial charge >= 0.3 is 6.03 Å². The normalized spacial score (nSPS) is 24.6. The van der Waals surface area contributed by atoms with Gasteiger partial charge in [0.15, 0.2) is 0 Å². The van der Waals surface area contributed by atoms with E-state index in [4.69, 9.17) is 16.3 Å². The van der Waals surface area contributed by atoms with Crippen molar-refractivity contribution in [3.05, 3.63) is 24.3 Å². The van der Waals surface area contributed by atoms with Crippen LogP contribution < -0.4 is 11.5 Å². The van der Waals surface area contributed by atoms with Crippen molar-refractivity contribution in [2.45, 2.75) is 18.5 Å². The molecule has 4 amide bonds. The van der Waals surface area contributed by atoms with E-state index in [-0.39, 0.29) is 19.6 Å². The molecule has 4 N–H and O–H groups in total. The fourth-order valence-electron chi connectivity index (χ4n) is 2.39. The predicted octanol–water partition coefficient (Wildman–Crippen LogP) is -1.12. The van der Waals surface area contributed by atoms with Gasteiger partial charge in [0.2, 0.25) is 11.8 Å². The number of amides is 4. The van der Waals surface area contributed by atoms with Crippen molar-refractivity contribution in [1.29, 1.82) is 0 Å². The van der Waals surface area contributed by atoms with Crippen molar-refractivity contribution in [2.24, 2.45) is 11.5 Å². The van der Waals surface area contributed by atoms with Gasteiger partial charge in [-0.1, -0.05) is 12.2 Å². The number of urea groups is 1. The molecule has 2 aliphatic rings. The molecule has 20 heavy (non-hydrogen) atoms. The molecule has 1 saturated heterocycles. The highest BCUT2D eigenvalue weighted by atomic mass is 16.7. The van der Waals surface area contributed by atoms with E-state index in [2.05, 4.69) is 6.58 Å². The minimum atomic E-state index is -0.884. The van der Waals surface area contributed by atoms with E-state index in [9.17, 15) is 14.4 Å². The summed E-state index contributed by atoms with van der Waals surface area (Å²) in [6.45, 7) is 3.88. The molecule has 2 rings (SSSR count). The standard InChI is InChI=1S/C12H16N4O4/c1-2-3-20-16-9-6-15(12(16)19)8(11(14)18)4-7(9)5-10(13)17/h2,4,8-9H,1,3,5-6H2,(H2,13,17)(H2,14,18)/t8-,9-/m0/s1. The van der Waals surface area contributed by atoms with Crippen molar-refractivity contribution >= 4 is 17.8 Å². The number of primary amides is 2. The third-order valence-electron chi connectivity index (χ3n) is 3.22. The molecule has 0 spiro atoms. The number of carbonyl (C=O) groups excluding carboxylic acids is 3. The Balaban J connectivity index is 2.30. The lowest BCUT2D eigenvalue weighted by Gasteiger charge is -2.27. The number of nitrogens with zero attached hydrogens (tertiary/aromatic N) is 2. The van der Waals surface area contributed by atoms with Crippen molar-refractivity contribution in [3.63, 3.8) is 0 Å². The number of hydrogen-bond acceptors (Lipinski definition) is 4. The van der Waals surface area contributed by atoms with Gasteiger partial charge in [0.25, 0.3) is 0 Å². The summed E-state index contributed by atoms with van der Waals surface area (Å²) < 4.78 is 0. The maximum absolute atomic E-state index is 12.2. The second-order valence-electron chi connectivity index (χ2n) is 4.59. The number of nitrogens with two attached hydrogens (primary N) is 2. The molecule has 0 aromatic rings. The molecular weight excluding hydrogens is 264 g/mol. The minimum absolute atomic E-state index is 0.0521. The molecule has 8 heteroatoms. The Hall–Kier alpha value is -2.35. The van der Waals surface area contributed by atoms with Gasteiger partial charge in [0.1, 0.15) is 12.1 Å². The summed E-state index contributed by atoms with van der Waals surface area (Å²) in [5, 5.41) is 1.14. The lowest BCUT2D eigenvalue weighted by atomic mass is 9.96. The number of rotatable bonds is 6. The van der Waals surface area contributed by atoms with Gasteiger partial charge in [0.05, 0.1) is 13.2 Å². The van der Waals surface area contributed by atoms with Gasteiger partial charge in [-0.25, -0.2) is 4.79 Å². The Labute approximate surface area is 115 Å². The summed E-state index contributed by atoms with van der Waals surface area (Å²) in [6, 6.07) is -1.78. The van der Waals surface area contributed by atoms with E-state index in [1.165, 1.54) is 17.1 Å². The van der Waals surface area contributed by atoms with Crippen LogP contribution in [0.2, 0.25) is 0 Å². The molecule has 1 fully saturated rings. The fraction of sp³-hybridized carbons (Fsp3) is 0.417. The van der Waals surface area contributed by atoms with Crippen molar-refractivity contribution < 1.29 is 19.2 Å². The molecule has 2 aliphatic heterocycles. The summed E-state index contributed by atoms with van der Waals surface area (Å²) in [6.07, 6.45) is 2.95. The molecule has 0 saturated carbocycles. The molecule has 8 nitrogen and oxygen atoms in total. The maximum Gasteiger partial charge on any atom is 0.345 e. The molecule has 0 unspecified atom stereocenters. The molecule has 0 aliphatic carbocycles. The highest BCUT2D eigenvalue weighted by molar-refractivity contribution is 5.90. The SMILES string of the molecule is C=CCON1C(=O)N2C[C@H]1C(CC(N)=O)=C[C@H]2C(N)=O. The molecular formula is C12H16N4O4. The molecule has 108 valence electrons. The minimum Gasteiger partial charge on any atom is -0.369 e. The quantitative estimate of drug-likeness (QED) is 0.599. The molecule has 2 heterocycles. The fourth-order valence-corrected chi connectivity index (χ4v) is 2.39. The van der Waals surface area contributed by atoms with Crippen molar-refractivity contribution in [3.8, 4) is 0 Å². The van der Waals surface area contributed by atoms with E-state index < -0.39 is 29.9 Å². The highest BCUT2D eigenvalue weighted by Gasteiger charge is 2.48. The van der Waals surface area contributed by atoms with E-state index >= 15 is 0 Å². The zero-order chi connectivity index (χ0) is 14.9. The van der Waals surface area contributed by atoms with Gasteiger partial charge in [-0.2, -0.15) is 5.06 Å². The number of hydrogen-bond donors (Lipinski definition) is 2. The molecule has 0 aromatic carbocycles. The molecule has 2 atom stereocenters. The van der Waals surface area contributed by atoms with Gasteiger partial charge in [-0.15, -0.1) is 6.58 Å². The van der Waals surface area contributed by atoms with Crippen LogP contribution in [0.5, 0.6) is 0 Å². The van der Waals surface area contributed by atoms with Crippen LogP contribution in [-0.4, -0.2) is 53.0 Å². The molecule has 2 bridgehead atoms. The Kier molecular flexibility index (Phi) is 3.75. The second-order valence-corrected chi connectivity index (χ2v) is 4.59. The van der Waals surface area contributed by atoms with E-state index in [0.29, 0.717) is 5.57 Å². The van der Waals surface area contributed by atoms with E-state index in [0.717, 1.165) is 5.06 Å². The summed E-state index contributed by atoms with van der Waals surface area (Å²) in [4.78, 5) is 41.3. The van der Waals surface area contributed by atoms with E-state index in [1.807, 2.05) is 0 Å². The topological polar surface area (TPSA) is 119 Å². The number of fused-ring (bicyclic) bond motifs is 2. The largest absolute Gasteiger partial charge is 0.369 e. The number of hydroxylamine groups is 2. The Morgan fingerprint density at radius 2 is 2.20 bits per heavy atom. The first-order valence-corrected chi connectivity index (χ1v) is 6.07. The van der Waals surface area contributed by atoms with Crippen LogP contribution in [0.3, 0.4) is 0 Å². The second kappa shape index (κ2) is 5.33. The first kappa shape index (κ1) is 14.1. The van der Waals surface area contributed by atoms with Crippen molar-refractivity contribution in [1.82, 2.24) is 9.96 Å². The van der Waals surface area contributed by atoms with Gasteiger partial charge in [-0.3, -0.25) is 14.4 Å². The third kappa shape index (κ3) is 2.37. The molecule has 0 aromatic heterocycles. The summed E-state index contributed by atoms with van der Waals surface area (Å²) >= 11 is 0. The Morgan fingerprint density at radius 3 is 2.75 bits per heavy atom. The van der Waals surface area contributed by atoms with Crippen molar-refractivity contribution in [2.75, 3.05) is 13.2 Å². The summed E-state index contributed by atoms with van der Waals surface area (Å²) in [7, 11) is 0. The van der Waals surface area contributed by atoms with Gasteiger partial charge < -0.3 is 16.4 Å². The smallest absolute Gasteiger partial charge is 0.345 e. The Morgan fingerprint density at radius 1 is 1.50 bits per heavy atom. The highest BCUT2D eigenvalue weighted by Crippen LogP contribution is 2.31. The first-order chi connectivity index (χ1) is 9.45. The van der Waals surface area contributed by atoms with Crippen LogP contribution in [0.25, 0.3) is 0 Å². The lowest BCUT2D eigenvalue weighted by molar-refractivity contribution is -0.121. The average Bonchev–Trinajstić information content (AvgIpc) is 2.64. The van der Waals surface area contributed by atoms with Crippen LogP contribution in [0.15, 0.2) is 24.3 Å². The summed E-state index contributed by atoms with van der Waals surface area (Å²) in [5.41, 5.74) is 11.0. The Bertz CT molecular complexity index is 502. The van der Waals surface area contributed by atoms with Crippen LogP contribution in [0.1, 0.15) is 6.42 Å². The van der Waals surface area contributed by atoms with Crippen LogP contribution in [0.4, 0.5) is 4.79 Å². The molecule has 0 radical (unpaired) electrons. The van der Waals surface area contributed by atoms with Crippen LogP contribution in [0, 0.1) is 0 Å². The van der Waals surface area contributed by atoms with Gasteiger partial charge in [-0.05, 0) is 5.57 Å².